The van der Waals surface area contributed by atoms with E-state index in [0.717, 1.165) is 17.7 Å². The quantitative estimate of drug-likeness (QED) is 0.553. The first-order chi connectivity index (χ1) is 14.4. The molecule has 0 heterocycles. The van der Waals surface area contributed by atoms with Crippen LogP contribution in [-0.4, -0.2) is 34.6 Å². The third kappa shape index (κ3) is 7.52. The van der Waals surface area contributed by atoms with Crippen molar-refractivity contribution in [1.29, 1.82) is 0 Å². The van der Waals surface area contributed by atoms with Gasteiger partial charge in [0.1, 0.15) is 6.04 Å². The Bertz CT molecular complexity index is 793. The molecular formula is C25H34N2O2S. The van der Waals surface area contributed by atoms with Crippen molar-refractivity contribution in [3.8, 4) is 0 Å². The summed E-state index contributed by atoms with van der Waals surface area (Å²) in [4.78, 5) is 27.8. The van der Waals surface area contributed by atoms with E-state index in [2.05, 4.69) is 36.5 Å². The van der Waals surface area contributed by atoms with Gasteiger partial charge in [-0.15, -0.1) is 11.8 Å². The molecule has 0 radical (unpaired) electrons. The molecule has 0 aliphatic rings. The van der Waals surface area contributed by atoms with Gasteiger partial charge in [0.05, 0.1) is 5.75 Å². The number of nitrogens with zero attached hydrogens (tertiary/aromatic N) is 1. The number of benzene rings is 2. The largest absolute Gasteiger partial charge is 0.352 e. The summed E-state index contributed by atoms with van der Waals surface area (Å²) in [5, 5.41) is 3.05. The Labute approximate surface area is 185 Å². The molecule has 2 rings (SSSR count). The second-order valence-corrected chi connectivity index (χ2v) is 8.71. The molecule has 0 fully saturated rings. The number of rotatable bonds is 11. The van der Waals surface area contributed by atoms with E-state index in [9.17, 15) is 9.59 Å². The molecule has 0 saturated carbocycles. The molecule has 0 spiro atoms. The third-order valence-corrected chi connectivity index (χ3v) is 6.19. The fourth-order valence-corrected chi connectivity index (χ4v) is 4.03. The number of hydrogen-bond donors (Lipinski definition) is 1. The summed E-state index contributed by atoms with van der Waals surface area (Å²) in [6, 6.07) is 17.9. The molecule has 2 atom stereocenters. The van der Waals surface area contributed by atoms with Gasteiger partial charge in [0.25, 0.3) is 0 Å². The van der Waals surface area contributed by atoms with Gasteiger partial charge in [0, 0.05) is 18.3 Å². The van der Waals surface area contributed by atoms with Crippen LogP contribution in [0, 0.1) is 6.92 Å². The van der Waals surface area contributed by atoms with Gasteiger partial charge in [-0.1, -0.05) is 74.0 Å². The first-order valence-corrected chi connectivity index (χ1v) is 11.9. The van der Waals surface area contributed by atoms with Crippen LogP contribution in [0.25, 0.3) is 0 Å². The molecule has 30 heavy (non-hydrogen) atoms. The first-order valence-electron chi connectivity index (χ1n) is 10.7. The molecule has 1 N–H and O–H groups in total. The molecule has 0 aliphatic carbocycles. The van der Waals surface area contributed by atoms with Gasteiger partial charge in [-0.05, 0) is 37.8 Å². The Morgan fingerprint density at radius 3 is 2.23 bits per heavy atom. The molecule has 0 saturated heterocycles. The topological polar surface area (TPSA) is 49.4 Å². The normalized spacial score (nSPS) is 12.8. The van der Waals surface area contributed by atoms with Gasteiger partial charge in [-0.3, -0.25) is 9.59 Å². The Morgan fingerprint density at radius 2 is 1.63 bits per heavy atom. The minimum atomic E-state index is -0.466. The van der Waals surface area contributed by atoms with Crippen LogP contribution in [0.15, 0.2) is 54.6 Å². The molecular weight excluding hydrogens is 392 g/mol. The number of carbonyl (C=O) groups excluding carboxylic acids is 2. The number of aryl methyl sites for hydroxylation is 1. The molecule has 0 aliphatic heterocycles. The van der Waals surface area contributed by atoms with E-state index in [1.165, 1.54) is 11.1 Å². The van der Waals surface area contributed by atoms with Crippen molar-refractivity contribution in [2.75, 3.05) is 5.75 Å². The summed E-state index contributed by atoms with van der Waals surface area (Å²) in [6.07, 6.45) is 1.45. The first kappa shape index (κ1) is 24.0. The van der Waals surface area contributed by atoms with Crippen LogP contribution in [0.1, 0.15) is 50.3 Å². The van der Waals surface area contributed by atoms with Gasteiger partial charge >= 0.3 is 0 Å². The number of amides is 2. The zero-order valence-corrected chi connectivity index (χ0v) is 19.4. The van der Waals surface area contributed by atoms with Crippen molar-refractivity contribution in [3.63, 3.8) is 0 Å². The lowest BCUT2D eigenvalue weighted by molar-refractivity contribution is -0.139. The van der Waals surface area contributed by atoms with Crippen LogP contribution >= 0.6 is 11.8 Å². The van der Waals surface area contributed by atoms with Gasteiger partial charge in [-0.25, -0.2) is 0 Å². The van der Waals surface area contributed by atoms with E-state index >= 15 is 0 Å². The van der Waals surface area contributed by atoms with Crippen molar-refractivity contribution < 1.29 is 9.59 Å². The molecule has 4 nitrogen and oxygen atoms in total. The zero-order chi connectivity index (χ0) is 21.9. The molecule has 2 aromatic rings. The predicted octanol–water partition coefficient (Wildman–Crippen LogP) is 4.95. The summed E-state index contributed by atoms with van der Waals surface area (Å²) in [5.74, 6) is 1.07. The highest BCUT2D eigenvalue weighted by Gasteiger charge is 2.29. The van der Waals surface area contributed by atoms with Crippen LogP contribution in [0.5, 0.6) is 0 Å². The lowest BCUT2D eigenvalue weighted by Gasteiger charge is -2.31. The summed E-state index contributed by atoms with van der Waals surface area (Å²) in [6.45, 7) is 8.51. The Hall–Kier alpha value is -2.27. The average Bonchev–Trinajstić information content (AvgIpc) is 2.75. The lowest BCUT2D eigenvalue weighted by Crippen LogP contribution is -2.51. The summed E-state index contributed by atoms with van der Waals surface area (Å²) in [5.41, 5.74) is 3.46. The van der Waals surface area contributed by atoms with Crippen molar-refractivity contribution in [1.82, 2.24) is 10.2 Å². The van der Waals surface area contributed by atoms with Crippen LogP contribution in [0.3, 0.4) is 0 Å². The van der Waals surface area contributed by atoms with E-state index in [-0.39, 0.29) is 17.9 Å². The van der Waals surface area contributed by atoms with E-state index in [0.29, 0.717) is 18.7 Å². The molecule has 5 heteroatoms. The predicted molar refractivity (Wildman–Crippen MR) is 126 cm³/mol. The summed E-state index contributed by atoms with van der Waals surface area (Å²) >= 11 is 1.59. The molecule has 0 unspecified atom stereocenters. The monoisotopic (exact) mass is 426 g/mol. The maximum Gasteiger partial charge on any atom is 0.243 e. The van der Waals surface area contributed by atoms with Crippen LogP contribution in [0.4, 0.5) is 0 Å². The zero-order valence-electron chi connectivity index (χ0n) is 18.6. The molecule has 2 amide bonds. The van der Waals surface area contributed by atoms with Crippen LogP contribution < -0.4 is 5.32 Å². The van der Waals surface area contributed by atoms with Gasteiger partial charge < -0.3 is 10.2 Å². The maximum atomic E-state index is 13.2. The van der Waals surface area contributed by atoms with Crippen LogP contribution in [0.2, 0.25) is 0 Å². The molecule has 162 valence electrons. The molecule has 0 bridgehead atoms. The Balaban J connectivity index is 2.09. The van der Waals surface area contributed by atoms with Gasteiger partial charge in [0.15, 0.2) is 0 Å². The second-order valence-electron chi connectivity index (χ2n) is 7.73. The SMILES string of the molecule is CC[C@H](C)NC(=O)[C@H](CC)N(Cc1ccccc1)C(=O)CSCc1ccc(C)cc1. The standard InChI is InChI=1S/C25H34N2O2S/c1-5-20(4)26-25(29)23(6-2)27(16-21-10-8-7-9-11-21)24(28)18-30-17-22-14-12-19(3)13-15-22/h7-15,20,23H,5-6,16-18H2,1-4H3,(H,26,29)/t20-,23-/m0/s1. The van der Waals surface area contributed by atoms with E-state index < -0.39 is 6.04 Å². The fourth-order valence-electron chi connectivity index (χ4n) is 3.16. The number of thioether (sulfide) groups is 1. The van der Waals surface area contributed by atoms with Gasteiger partial charge in [0.2, 0.25) is 11.8 Å². The highest BCUT2D eigenvalue weighted by molar-refractivity contribution is 7.99. The minimum Gasteiger partial charge on any atom is -0.352 e. The van der Waals surface area contributed by atoms with E-state index in [1.54, 1.807) is 16.7 Å². The summed E-state index contributed by atoms with van der Waals surface area (Å²) in [7, 11) is 0. The lowest BCUT2D eigenvalue weighted by atomic mass is 10.1. The molecule has 2 aromatic carbocycles. The van der Waals surface area contributed by atoms with Crippen molar-refractivity contribution in [2.45, 2.75) is 64.9 Å². The number of carbonyl (C=O) groups is 2. The van der Waals surface area contributed by atoms with E-state index in [4.69, 9.17) is 0 Å². The second kappa shape index (κ2) is 12.4. The highest BCUT2D eigenvalue weighted by Crippen LogP contribution is 2.18. The smallest absolute Gasteiger partial charge is 0.243 e. The van der Waals surface area contributed by atoms with E-state index in [1.807, 2.05) is 51.1 Å². The highest BCUT2D eigenvalue weighted by atomic mass is 32.2. The van der Waals surface area contributed by atoms with Crippen molar-refractivity contribution in [3.05, 3.63) is 71.3 Å². The van der Waals surface area contributed by atoms with Crippen molar-refractivity contribution >= 4 is 23.6 Å². The molecule has 0 aromatic heterocycles. The number of nitrogens with one attached hydrogen (secondary N) is 1. The third-order valence-electron chi connectivity index (χ3n) is 5.20. The van der Waals surface area contributed by atoms with Crippen molar-refractivity contribution in [2.24, 2.45) is 0 Å². The van der Waals surface area contributed by atoms with Gasteiger partial charge in [-0.2, -0.15) is 0 Å². The summed E-state index contributed by atoms with van der Waals surface area (Å²) < 4.78 is 0. The minimum absolute atomic E-state index is 0.00196. The Kier molecular flexibility index (Phi) is 9.95. The number of hydrogen-bond acceptors (Lipinski definition) is 3. The maximum absolute atomic E-state index is 13.2. The Morgan fingerprint density at radius 1 is 0.967 bits per heavy atom. The fraction of sp³-hybridized carbons (Fsp3) is 0.440. The average molecular weight is 427 g/mol. The van der Waals surface area contributed by atoms with Crippen LogP contribution in [-0.2, 0) is 21.9 Å².